The number of fused-ring (bicyclic) bond motifs is 3. The molecular weight excluding hydrogens is 438 g/mol. The lowest BCUT2D eigenvalue weighted by atomic mass is 9.98. The molecule has 4 rings (SSSR count). The lowest BCUT2D eigenvalue weighted by Gasteiger charge is -2.32. The summed E-state index contributed by atoms with van der Waals surface area (Å²) < 4.78 is 5.76. The zero-order chi connectivity index (χ0) is 23.7. The highest BCUT2D eigenvalue weighted by molar-refractivity contribution is 6.31. The average Bonchev–Trinajstić information content (AvgIpc) is 3.11. The van der Waals surface area contributed by atoms with Crippen LogP contribution in [0.25, 0.3) is 11.1 Å². The van der Waals surface area contributed by atoms with Gasteiger partial charge >= 0.3 is 12.1 Å². The number of carboxylic acid groups (broad SMARTS) is 1. The van der Waals surface area contributed by atoms with Crippen LogP contribution in [0, 0.1) is 6.92 Å². The summed E-state index contributed by atoms with van der Waals surface area (Å²) in [6.45, 7) is 5.51. The van der Waals surface area contributed by atoms with Crippen LogP contribution in [0.2, 0.25) is 5.02 Å². The molecule has 0 saturated carbocycles. The van der Waals surface area contributed by atoms with Gasteiger partial charge in [-0.15, -0.1) is 0 Å². The van der Waals surface area contributed by atoms with Gasteiger partial charge in [0.2, 0.25) is 0 Å². The minimum absolute atomic E-state index is 0.104. The first-order chi connectivity index (χ1) is 15.8. The maximum atomic E-state index is 13.2. The van der Waals surface area contributed by atoms with Gasteiger partial charge in [-0.05, 0) is 60.2 Å². The monoisotopic (exact) mass is 463 g/mol. The quantitative estimate of drug-likeness (QED) is 0.457. The van der Waals surface area contributed by atoms with Gasteiger partial charge in [-0.1, -0.05) is 72.3 Å². The van der Waals surface area contributed by atoms with Crippen molar-refractivity contribution in [2.75, 3.05) is 6.61 Å². The van der Waals surface area contributed by atoms with E-state index < -0.39 is 24.1 Å². The van der Waals surface area contributed by atoms with Crippen LogP contribution in [0.4, 0.5) is 4.79 Å². The first-order valence-electron chi connectivity index (χ1n) is 10.9. The maximum Gasteiger partial charge on any atom is 0.411 e. The second-order valence-corrected chi connectivity index (χ2v) is 8.96. The largest absolute Gasteiger partial charge is 0.479 e. The fraction of sp³-hybridized carbons (Fsp3) is 0.259. The molecule has 0 aromatic heterocycles. The summed E-state index contributed by atoms with van der Waals surface area (Å²) in [6, 6.07) is 19.6. The number of carbonyl (C=O) groups is 2. The number of aryl methyl sites for hydroxylation is 1. The van der Waals surface area contributed by atoms with Crippen LogP contribution >= 0.6 is 11.6 Å². The molecule has 33 heavy (non-hydrogen) atoms. The Morgan fingerprint density at radius 2 is 1.58 bits per heavy atom. The van der Waals surface area contributed by atoms with Crippen LogP contribution < -0.4 is 0 Å². The van der Waals surface area contributed by atoms with E-state index in [1.165, 1.54) is 4.90 Å². The van der Waals surface area contributed by atoms with Crippen molar-refractivity contribution in [3.63, 3.8) is 0 Å². The van der Waals surface area contributed by atoms with Crippen molar-refractivity contribution < 1.29 is 19.4 Å². The average molecular weight is 464 g/mol. The number of carbonyl (C=O) groups excluding carboxylic acids is 1. The van der Waals surface area contributed by atoms with Crippen molar-refractivity contribution in [2.45, 2.75) is 38.8 Å². The highest BCUT2D eigenvalue weighted by Gasteiger charge is 2.36. The van der Waals surface area contributed by atoms with Gasteiger partial charge in [0.15, 0.2) is 6.04 Å². The van der Waals surface area contributed by atoms with E-state index in [4.69, 9.17) is 16.3 Å². The molecule has 1 N–H and O–H groups in total. The van der Waals surface area contributed by atoms with Gasteiger partial charge in [0, 0.05) is 17.0 Å². The van der Waals surface area contributed by atoms with E-state index in [2.05, 4.69) is 12.1 Å². The van der Waals surface area contributed by atoms with Gasteiger partial charge in [0.25, 0.3) is 0 Å². The lowest BCUT2D eigenvalue weighted by molar-refractivity contribution is -0.143. The highest BCUT2D eigenvalue weighted by Crippen LogP contribution is 2.44. The molecule has 3 aromatic rings. The Balaban J connectivity index is 1.60. The second kappa shape index (κ2) is 9.28. The third-order valence-corrected chi connectivity index (χ3v) is 6.53. The summed E-state index contributed by atoms with van der Waals surface area (Å²) in [5, 5.41) is 10.5. The number of nitrogens with zero attached hydrogens (tertiary/aromatic N) is 1. The molecule has 0 heterocycles. The second-order valence-electron chi connectivity index (χ2n) is 8.55. The number of halogens is 1. The molecular formula is C27H26ClNO4. The Bertz CT molecular complexity index is 1160. The van der Waals surface area contributed by atoms with Crippen LogP contribution in [0.3, 0.4) is 0 Å². The fourth-order valence-electron chi connectivity index (χ4n) is 4.48. The van der Waals surface area contributed by atoms with Gasteiger partial charge in [-0.2, -0.15) is 0 Å². The Labute approximate surface area is 198 Å². The first-order valence-corrected chi connectivity index (χ1v) is 11.3. The van der Waals surface area contributed by atoms with Gasteiger partial charge in [-0.3, -0.25) is 4.90 Å². The molecule has 1 unspecified atom stereocenters. The zero-order valence-electron chi connectivity index (χ0n) is 18.8. The van der Waals surface area contributed by atoms with Crippen molar-refractivity contribution >= 4 is 23.7 Å². The molecule has 0 radical (unpaired) electrons. The zero-order valence-corrected chi connectivity index (χ0v) is 19.5. The van der Waals surface area contributed by atoms with Crippen molar-refractivity contribution in [2.24, 2.45) is 0 Å². The Morgan fingerprint density at radius 1 is 1.00 bits per heavy atom. The number of rotatable bonds is 6. The van der Waals surface area contributed by atoms with Gasteiger partial charge in [-0.25, -0.2) is 9.59 Å². The van der Waals surface area contributed by atoms with E-state index >= 15 is 0 Å². The normalized spacial score (nSPS) is 13.4. The smallest absolute Gasteiger partial charge is 0.411 e. The molecule has 1 atom stereocenters. The highest BCUT2D eigenvalue weighted by atomic mass is 35.5. The molecule has 170 valence electrons. The fourth-order valence-corrected chi connectivity index (χ4v) is 4.67. The molecule has 1 aliphatic carbocycles. The molecule has 0 aliphatic heterocycles. The standard InChI is InChI=1S/C27H26ClNO4/c1-16(2)29(25(26(30)31)18-13-12-17(3)24(28)14-18)27(32)33-15-23-21-10-6-4-8-19(21)20-9-5-7-11-22(20)23/h4-14,16,23,25H,15H2,1-3H3,(H,30,31). The number of benzene rings is 3. The van der Waals surface area contributed by atoms with Crippen molar-refractivity contribution in [3.8, 4) is 11.1 Å². The molecule has 0 bridgehead atoms. The summed E-state index contributed by atoms with van der Waals surface area (Å²) in [5.74, 6) is -1.25. The summed E-state index contributed by atoms with van der Waals surface area (Å²) in [5.41, 5.74) is 5.73. The summed E-state index contributed by atoms with van der Waals surface area (Å²) >= 11 is 6.24. The summed E-state index contributed by atoms with van der Waals surface area (Å²) in [6.07, 6.45) is -0.670. The number of aliphatic carboxylic acids is 1. The van der Waals surface area contributed by atoms with E-state index in [-0.39, 0.29) is 12.5 Å². The third kappa shape index (κ3) is 4.33. The SMILES string of the molecule is Cc1ccc(C(C(=O)O)N(C(=O)OCC2c3ccccc3-c3ccccc32)C(C)C)cc1Cl. The summed E-state index contributed by atoms with van der Waals surface area (Å²) in [4.78, 5) is 26.7. The van der Waals surface area contributed by atoms with Crippen LogP contribution in [0.5, 0.6) is 0 Å². The molecule has 3 aromatic carbocycles. The molecule has 0 spiro atoms. The van der Waals surface area contributed by atoms with Crippen LogP contribution in [-0.4, -0.2) is 34.7 Å². The molecule has 5 nitrogen and oxygen atoms in total. The predicted molar refractivity (Wildman–Crippen MR) is 129 cm³/mol. The topological polar surface area (TPSA) is 66.8 Å². The van der Waals surface area contributed by atoms with Crippen molar-refractivity contribution in [1.82, 2.24) is 4.90 Å². The Kier molecular flexibility index (Phi) is 6.43. The number of hydrogen-bond donors (Lipinski definition) is 1. The van der Waals surface area contributed by atoms with E-state index in [0.29, 0.717) is 10.6 Å². The van der Waals surface area contributed by atoms with E-state index in [0.717, 1.165) is 27.8 Å². The van der Waals surface area contributed by atoms with Crippen molar-refractivity contribution in [1.29, 1.82) is 0 Å². The van der Waals surface area contributed by atoms with Crippen molar-refractivity contribution in [3.05, 3.63) is 94.0 Å². The molecule has 6 heteroatoms. The third-order valence-electron chi connectivity index (χ3n) is 6.13. The first kappa shape index (κ1) is 22.9. The van der Waals surface area contributed by atoms with Gasteiger partial charge in [0.05, 0.1) is 0 Å². The number of amides is 1. The molecule has 1 amide bonds. The van der Waals surface area contributed by atoms with E-state index in [9.17, 15) is 14.7 Å². The van der Waals surface area contributed by atoms with E-state index in [1.807, 2.05) is 43.3 Å². The maximum absolute atomic E-state index is 13.2. The van der Waals surface area contributed by atoms with E-state index in [1.54, 1.807) is 32.0 Å². The minimum atomic E-state index is -1.21. The Hall–Kier alpha value is -3.31. The molecule has 1 aliphatic rings. The Morgan fingerprint density at radius 3 is 2.09 bits per heavy atom. The van der Waals surface area contributed by atoms with Crippen LogP contribution in [0.1, 0.15) is 48.1 Å². The minimum Gasteiger partial charge on any atom is -0.479 e. The number of hydrogen-bond acceptors (Lipinski definition) is 3. The summed E-state index contributed by atoms with van der Waals surface area (Å²) in [7, 11) is 0. The van der Waals surface area contributed by atoms with Crippen LogP contribution in [-0.2, 0) is 9.53 Å². The molecule has 0 fully saturated rings. The van der Waals surface area contributed by atoms with Gasteiger partial charge in [0.1, 0.15) is 6.61 Å². The predicted octanol–water partition coefficient (Wildman–Crippen LogP) is 6.43. The van der Waals surface area contributed by atoms with Gasteiger partial charge < -0.3 is 9.84 Å². The lowest BCUT2D eigenvalue weighted by Crippen LogP contribution is -2.44. The van der Waals surface area contributed by atoms with Crippen LogP contribution in [0.15, 0.2) is 66.7 Å². The molecule has 0 saturated heterocycles. The number of ether oxygens (including phenoxy) is 1. The number of carboxylic acids is 1.